The third kappa shape index (κ3) is 5.21. The molecule has 1 unspecified atom stereocenters. The third-order valence-corrected chi connectivity index (χ3v) is 3.48. The molecule has 0 bridgehead atoms. The summed E-state index contributed by atoms with van der Waals surface area (Å²) in [5, 5.41) is 12.3. The molecule has 0 aromatic carbocycles. The van der Waals surface area contributed by atoms with Crippen molar-refractivity contribution < 1.29 is 19.4 Å². The van der Waals surface area contributed by atoms with Crippen LogP contribution in [0.1, 0.15) is 43.2 Å². The van der Waals surface area contributed by atoms with Gasteiger partial charge < -0.3 is 20.1 Å². The maximum Gasteiger partial charge on any atom is 0.410 e. The molecule has 1 aromatic rings. The van der Waals surface area contributed by atoms with E-state index in [9.17, 15) is 9.59 Å². The number of amides is 1. The molecule has 0 radical (unpaired) electrons. The maximum atomic E-state index is 12.0. The first-order valence-electron chi connectivity index (χ1n) is 7.64. The highest BCUT2D eigenvalue weighted by molar-refractivity contribution is 5.87. The molecule has 2 rings (SSSR count). The number of ether oxygens (including phenoxy) is 1. The molecule has 1 amide bonds. The fourth-order valence-electron chi connectivity index (χ4n) is 2.38. The van der Waals surface area contributed by atoms with Crippen molar-refractivity contribution in [3.8, 4) is 0 Å². The van der Waals surface area contributed by atoms with Gasteiger partial charge in [0.05, 0.1) is 11.3 Å². The summed E-state index contributed by atoms with van der Waals surface area (Å²) in [4.78, 5) is 28.8. The normalized spacial score (nSPS) is 18.0. The number of nitrogens with one attached hydrogen (secondary N) is 1. The number of carboxylic acids is 1. The second kappa shape index (κ2) is 6.95. The van der Waals surface area contributed by atoms with Gasteiger partial charge in [0, 0.05) is 31.9 Å². The summed E-state index contributed by atoms with van der Waals surface area (Å²) in [6.45, 7) is 7.23. The molecule has 7 nitrogen and oxygen atoms in total. The minimum atomic E-state index is -0.967. The predicted octanol–water partition coefficient (Wildman–Crippen LogP) is 1.88. The van der Waals surface area contributed by atoms with Gasteiger partial charge in [0.25, 0.3) is 0 Å². The number of carbonyl (C=O) groups excluding carboxylic acids is 1. The van der Waals surface area contributed by atoms with E-state index in [2.05, 4.69) is 10.3 Å². The molecule has 0 spiro atoms. The van der Waals surface area contributed by atoms with Crippen molar-refractivity contribution in [1.29, 1.82) is 0 Å². The summed E-state index contributed by atoms with van der Waals surface area (Å²) in [5.41, 5.74) is 0.392. The fourth-order valence-corrected chi connectivity index (χ4v) is 2.38. The van der Waals surface area contributed by atoms with Gasteiger partial charge in [-0.05, 0) is 39.3 Å². The van der Waals surface area contributed by atoms with Gasteiger partial charge in [-0.2, -0.15) is 0 Å². The smallest absolute Gasteiger partial charge is 0.410 e. The van der Waals surface area contributed by atoms with Crippen molar-refractivity contribution in [3.63, 3.8) is 0 Å². The number of rotatable bonds is 4. The molecule has 1 aromatic heterocycles. The van der Waals surface area contributed by atoms with Crippen molar-refractivity contribution in [2.45, 2.75) is 45.4 Å². The van der Waals surface area contributed by atoms with Crippen molar-refractivity contribution >= 4 is 12.1 Å². The van der Waals surface area contributed by atoms with Gasteiger partial charge in [-0.25, -0.2) is 9.59 Å². The van der Waals surface area contributed by atoms with Crippen molar-refractivity contribution in [3.05, 3.63) is 29.6 Å². The molecule has 1 atom stereocenters. The molecule has 23 heavy (non-hydrogen) atoms. The van der Waals surface area contributed by atoms with E-state index in [1.807, 2.05) is 20.8 Å². The van der Waals surface area contributed by atoms with Gasteiger partial charge in [0.1, 0.15) is 5.60 Å². The minimum absolute atomic E-state index is 0.151. The zero-order valence-electron chi connectivity index (χ0n) is 13.7. The number of nitrogens with zero attached hydrogens (tertiary/aromatic N) is 2. The Labute approximate surface area is 135 Å². The van der Waals surface area contributed by atoms with Crippen molar-refractivity contribution in [1.82, 2.24) is 15.2 Å². The van der Waals surface area contributed by atoms with E-state index in [0.717, 1.165) is 6.42 Å². The summed E-state index contributed by atoms with van der Waals surface area (Å²) >= 11 is 0. The number of aromatic carboxylic acids is 1. The van der Waals surface area contributed by atoms with E-state index in [1.165, 1.54) is 12.3 Å². The van der Waals surface area contributed by atoms with E-state index < -0.39 is 11.6 Å². The number of carbonyl (C=O) groups is 2. The molecule has 1 aliphatic heterocycles. The average molecular weight is 321 g/mol. The monoisotopic (exact) mass is 321 g/mol. The molecule has 1 fully saturated rings. The van der Waals surface area contributed by atoms with Gasteiger partial charge in [0.2, 0.25) is 0 Å². The molecule has 1 saturated heterocycles. The predicted molar refractivity (Wildman–Crippen MR) is 84.2 cm³/mol. The Hall–Kier alpha value is -2.15. The lowest BCUT2D eigenvalue weighted by Crippen LogP contribution is -2.38. The first-order valence-corrected chi connectivity index (χ1v) is 7.64. The molecule has 2 N–H and O–H groups in total. The topological polar surface area (TPSA) is 91.8 Å². The van der Waals surface area contributed by atoms with Crippen LogP contribution >= 0.6 is 0 Å². The Morgan fingerprint density at radius 1 is 1.48 bits per heavy atom. The Balaban J connectivity index is 1.83. The summed E-state index contributed by atoms with van der Waals surface area (Å²) in [5.74, 6) is -0.967. The van der Waals surface area contributed by atoms with Crippen molar-refractivity contribution in [2.24, 2.45) is 0 Å². The lowest BCUT2D eigenvalue weighted by Gasteiger charge is -2.24. The second-order valence-electron chi connectivity index (χ2n) is 6.63. The number of hydrogen-bond acceptors (Lipinski definition) is 5. The van der Waals surface area contributed by atoms with Gasteiger partial charge in [0.15, 0.2) is 0 Å². The van der Waals surface area contributed by atoms with Crippen LogP contribution in [0.15, 0.2) is 18.3 Å². The summed E-state index contributed by atoms with van der Waals surface area (Å²) < 4.78 is 5.36. The van der Waals surface area contributed by atoms with Gasteiger partial charge in [-0.1, -0.05) is 0 Å². The highest BCUT2D eigenvalue weighted by Gasteiger charge is 2.29. The quantitative estimate of drug-likeness (QED) is 0.880. The molecule has 1 aliphatic rings. The van der Waals surface area contributed by atoms with E-state index in [-0.39, 0.29) is 17.7 Å². The van der Waals surface area contributed by atoms with Crippen LogP contribution < -0.4 is 5.32 Å². The third-order valence-electron chi connectivity index (χ3n) is 3.48. The lowest BCUT2D eigenvalue weighted by molar-refractivity contribution is 0.0290. The Morgan fingerprint density at radius 3 is 2.87 bits per heavy atom. The second-order valence-corrected chi connectivity index (χ2v) is 6.63. The van der Waals surface area contributed by atoms with Crippen LogP contribution in [0.5, 0.6) is 0 Å². The summed E-state index contributed by atoms with van der Waals surface area (Å²) in [7, 11) is 0. The number of likely N-dealkylation sites (tertiary alicyclic amines) is 1. The van der Waals surface area contributed by atoms with E-state index in [4.69, 9.17) is 9.84 Å². The van der Waals surface area contributed by atoms with Crippen molar-refractivity contribution in [2.75, 3.05) is 13.1 Å². The minimum Gasteiger partial charge on any atom is -0.478 e. The molecular weight excluding hydrogens is 298 g/mol. The van der Waals surface area contributed by atoms with Crippen LogP contribution in [0.3, 0.4) is 0 Å². The fraction of sp³-hybridized carbons (Fsp3) is 0.562. The number of aromatic nitrogens is 1. The van der Waals surface area contributed by atoms with Crippen LogP contribution in [0.4, 0.5) is 4.79 Å². The van der Waals surface area contributed by atoms with Gasteiger partial charge in [-0.15, -0.1) is 0 Å². The highest BCUT2D eigenvalue weighted by Crippen LogP contribution is 2.15. The summed E-state index contributed by atoms with van der Waals surface area (Å²) in [6.07, 6.45) is 2.02. The van der Waals surface area contributed by atoms with Crippen LogP contribution in [-0.4, -0.2) is 51.8 Å². The summed E-state index contributed by atoms with van der Waals surface area (Å²) in [6, 6.07) is 3.17. The number of carboxylic acid groups (broad SMARTS) is 1. The molecule has 0 saturated carbocycles. The van der Waals surface area contributed by atoms with Crippen LogP contribution in [-0.2, 0) is 11.3 Å². The van der Waals surface area contributed by atoms with Gasteiger partial charge in [-0.3, -0.25) is 4.98 Å². The molecular formula is C16H23N3O4. The average Bonchev–Trinajstić information content (AvgIpc) is 2.92. The van der Waals surface area contributed by atoms with Gasteiger partial charge >= 0.3 is 12.1 Å². The number of pyridine rings is 1. The Bertz CT molecular complexity index is 583. The largest absolute Gasteiger partial charge is 0.478 e. The molecule has 7 heteroatoms. The first kappa shape index (κ1) is 17.2. The van der Waals surface area contributed by atoms with Crippen LogP contribution in [0.2, 0.25) is 0 Å². The lowest BCUT2D eigenvalue weighted by atomic mass is 10.2. The van der Waals surface area contributed by atoms with E-state index in [1.54, 1.807) is 11.0 Å². The zero-order valence-corrected chi connectivity index (χ0v) is 13.7. The SMILES string of the molecule is CC(C)(C)OC(=O)N1CCC(NCc2cc(C(=O)O)ccn2)C1. The van der Waals surface area contributed by atoms with E-state index in [0.29, 0.717) is 25.3 Å². The highest BCUT2D eigenvalue weighted by atomic mass is 16.6. The molecule has 2 heterocycles. The maximum absolute atomic E-state index is 12.0. The molecule has 126 valence electrons. The Morgan fingerprint density at radius 2 is 2.22 bits per heavy atom. The van der Waals surface area contributed by atoms with Crippen LogP contribution in [0, 0.1) is 0 Å². The first-order chi connectivity index (χ1) is 10.7. The van der Waals surface area contributed by atoms with E-state index >= 15 is 0 Å². The Kier molecular flexibility index (Phi) is 5.20. The number of hydrogen-bond donors (Lipinski definition) is 2. The van der Waals surface area contributed by atoms with Crippen LogP contribution in [0.25, 0.3) is 0 Å². The zero-order chi connectivity index (χ0) is 17.0. The standard InChI is InChI=1S/C16H23N3O4/c1-16(2,3)23-15(22)19-7-5-12(10-19)18-9-13-8-11(14(20)21)4-6-17-13/h4,6,8,12,18H,5,7,9-10H2,1-3H3,(H,20,21). The molecule has 0 aliphatic carbocycles.